The number of hydrogen-bond acceptors (Lipinski definition) is 6. The Labute approximate surface area is 499 Å². The molecule has 0 spiro atoms. The van der Waals surface area contributed by atoms with E-state index in [1.54, 1.807) is 0 Å². The molecule has 0 aromatic carbocycles. The maximum Gasteiger partial charge on any atom is 0.306 e. The molecule has 0 aliphatic carbocycles. The van der Waals surface area contributed by atoms with Crippen LogP contribution in [0.3, 0.4) is 0 Å². The number of allylic oxidation sites excluding steroid dienone is 26. The predicted molar refractivity (Wildman–Crippen MR) is 352 cm³/mol. The molecule has 0 rings (SSSR count). The fourth-order valence-electron chi connectivity index (χ4n) is 8.59. The number of carbonyl (C=O) groups excluding carboxylic acids is 3. The van der Waals surface area contributed by atoms with Crippen molar-refractivity contribution >= 4 is 17.9 Å². The van der Waals surface area contributed by atoms with Crippen molar-refractivity contribution in [2.24, 2.45) is 0 Å². The van der Waals surface area contributed by atoms with E-state index < -0.39 is 6.10 Å². The van der Waals surface area contributed by atoms with Crippen LogP contribution < -0.4 is 0 Å². The molecule has 1 unspecified atom stereocenters. The Morgan fingerprint density at radius 1 is 0.259 bits per heavy atom. The van der Waals surface area contributed by atoms with Crippen LogP contribution in [0.15, 0.2) is 158 Å². The molecule has 0 saturated carbocycles. The molecule has 0 amide bonds. The summed E-state index contributed by atoms with van der Waals surface area (Å²) in [5.74, 6) is -0.966. The molecule has 0 aliphatic rings. The molecular formula is C75H120O6. The SMILES string of the molecule is CC/C=C\C/C=C\C/C=C\C/C=C\C/C=C\C/C=C\C/C=C\C/C=C\C/C=C\C/C=C\CCCCC(=O)OCC(COC(=O)CCCCCCC)OC(=O)CCCCCCCCCCCC/C=C\C/C=C\C/C=C\CCCCCCC. The first-order chi connectivity index (χ1) is 40.0. The molecule has 0 aliphatic heterocycles. The monoisotopic (exact) mass is 1120 g/mol. The van der Waals surface area contributed by atoms with E-state index in [9.17, 15) is 14.4 Å². The Hall–Kier alpha value is -4.97. The minimum Gasteiger partial charge on any atom is -0.462 e. The van der Waals surface area contributed by atoms with Crippen LogP contribution in [0.1, 0.15) is 278 Å². The van der Waals surface area contributed by atoms with Crippen molar-refractivity contribution in [3.63, 3.8) is 0 Å². The third-order valence-corrected chi connectivity index (χ3v) is 13.5. The first-order valence-electron chi connectivity index (χ1n) is 33.0. The van der Waals surface area contributed by atoms with E-state index in [-0.39, 0.29) is 31.1 Å². The smallest absolute Gasteiger partial charge is 0.306 e. The van der Waals surface area contributed by atoms with Gasteiger partial charge in [-0.25, -0.2) is 0 Å². The lowest BCUT2D eigenvalue weighted by molar-refractivity contribution is -0.167. The maximum absolute atomic E-state index is 12.8. The molecule has 0 fully saturated rings. The average molecular weight is 1120 g/mol. The lowest BCUT2D eigenvalue weighted by atomic mass is 10.0. The Kier molecular flexibility index (Phi) is 63.4. The van der Waals surface area contributed by atoms with Crippen LogP contribution in [-0.4, -0.2) is 37.2 Å². The van der Waals surface area contributed by atoms with Crippen LogP contribution in [0.2, 0.25) is 0 Å². The topological polar surface area (TPSA) is 78.9 Å². The normalized spacial score (nSPS) is 13.2. The second-order valence-electron chi connectivity index (χ2n) is 21.3. The lowest BCUT2D eigenvalue weighted by Gasteiger charge is -2.18. The molecule has 0 aromatic heterocycles. The Balaban J connectivity index is 4.18. The van der Waals surface area contributed by atoms with E-state index in [4.69, 9.17) is 14.2 Å². The predicted octanol–water partition coefficient (Wildman–Crippen LogP) is 22.9. The van der Waals surface area contributed by atoms with Crippen molar-refractivity contribution in [1.82, 2.24) is 0 Å². The van der Waals surface area contributed by atoms with Gasteiger partial charge in [0, 0.05) is 19.3 Å². The van der Waals surface area contributed by atoms with Crippen LogP contribution in [0.4, 0.5) is 0 Å². The van der Waals surface area contributed by atoms with E-state index >= 15 is 0 Å². The van der Waals surface area contributed by atoms with Crippen molar-refractivity contribution < 1.29 is 28.6 Å². The van der Waals surface area contributed by atoms with Crippen LogP contribution in [0.5, 0.6) is 0 Å². The summed E-state index contributed by atoms with van der Waals surface area (Å²) in [4.78, 5) is 37.9. The average Bonchev–Trinajstić information content (AvgIpc) is 3.47. The number of unbranched alkanes of at least 4 members (excludes halogenated alkanes) is 21. The van der Waals surface area contributed by atoms with Gasteiger partial charge in [-0.3, -0.25) is 14.4 Å². The highest BCUT2D eigenvalue weighted by atomic mass is 16.6. The molecule has 456 valence electrons. The highest BCUT2D eigenvalue weighted by molar-refractivity contribution is 5.71. The first-order valence-corrected chi connectivity index (χ1v) is 33.0. The van der Waals surface area contributed by atoms with E-state index in [0.29, 0.717) is 25.7 Å². The lowest BCUT2D eigenvalue weighted by Crippen LogP contribution is -2.30. The van der Waals surface area contributed by atoms with Gasteiger partial charge in [0.15, 0.2) is 6.10 Å². The van der Waals surface area contributed by atoms with E-state index in [1.165, 1.54) is 89.9 Å². The van der Waals surface area contributed by atoms with Crippen molar-refractivity contribution in [2.75, 3.05) is 13.2 Å². The fraction of sp³-hybridized carbons (Fsp3) is 0.613. The van der Waals surface area contributed by atoms with Gasteiger partial charge in [0.05, 0.1) is 0 Å². The molecule has 1 atom stereocenters. The molecule has 0 heterocycles. The quantitative estimate of drug-likeness (QED) is 0.0261. The van der Waals surface area contributed by atoms with Gasteiger partial charge >= 0.3 is 17.9 Å². The summed E-state index contributed by atoms with van der Waals surface area (Å²) in [6.07, 6.45) is 98.7. The number of rotatable bonds is 58. The summed E-state index contributed by atoms with van der Waals surface area (Å²) in [5, 5.41) is 0. The zero-order valence-corrected chi connectivity index (χ0v) is 52.2. The van der Waals surface area contributed by atoms with Gasteiger partial charge < -0.3 is 14.2 Å². The second kappa shape index (κ2) is 67.5. The number of esters is 3. The Morgan fingerprint density at radius 3 is 0.778 bits per heavy atom. The summed E-state index contributed by atoms with van der Waals surface area (Å²) in [5.41, 5.74) is 0. The number of carbonyl (C=O) groups is 3. The third kappa shape index (κ3) is 65.7. The molecule has 0 aromatic rings. The van der Waals surface area contributed by atoms with Gasteiger partial charge in [0.2, 0.25) is 0 Å². The van der Waals surface area contributed by atoms with Gasteiger partial charge in [-0.1, -0.05) is 281 Å². The van der Waals surface area contributed by atoms with Gasteiger partial charge in [0.1, 0.15) is 13.2 Å². The Morgan fingerprint density at radius 2 is 0.481 bits per heavy atom. The van der Waals surface area contributed by atoms with E-state index in [0.717, 1.165) is 141 Å². The standard InChI is InChI=1S/C75H120O6/c1-4-7-10-13-15-17-19-21-23-25-27-29-31-33-34-35-36-37-38-39-40-42-43-45-47-49-51-53-55-57-59-62-65-68-74(77)80-71-72(70-79-73(76)67-64-61-12-9-6-3)81-75(78)69-66-63-60-58-56-54-52-50-48-46-44-41-32-30-28-26-24-22-20-18-16-14-11-8-5-2/h7,10,15,17,20-23,26-29,32-34,36-37,39-41,43,45,49,51,55,57,72H,4-6,8-9,11-14,16,18-19,24-25,30-31,35,38,42,44,46-48,50,52-54,56,58-71H2,1-3H3/b10-7-,17-15-,22-20-,23-21-,28-26-,29-27-,34-33-,37-36-,40-39-,41-32-,45-43-,51-49-,57-55-. The molecular weight excluding hydrogens is 997 g/mol. The number of ether oxygens (including phenoxy) is 3. The zero-order valence-electron chi connectivity index (χ0n) is 52.2. The van der Waals surface area contributed by atoms with Crippen LogP contribution in [-0.2, 0) is 28.6 Å². The van der Waals surface area contributed by atoms with Crippen molar-refractivity contribution in [1.29, 1.82) is 0 Å². The molecule has 0 bridgehead atoms. The molecule has 0 N–H and O–H groups in total. The number of hydrogen-bond donors (Lipinski definition) is 0. The summed E-state index contributed by atoms with van der Waals surface area (Å²) in [7, 11) is 0. The first kappa shape index (κ1) is 76.0. The minimum atomic E-state index is -0.802. The van der Waals surface area contributed by atoms with Gasteiger partial charge in [-0.15, -0.1) is 0 Å². The highest BCUT2D eigenvalue weighted by Crippen LogP contribution is 2.14. The van der Waals surface area contributed by atoms with Crippen molar-refractivity contribution in [2.45, 2.75) is 284 Å². The summed E-state index contributed by atoms with van der Waals surface area (Å²) in [6.45, 7) is 6.39. The van der Waals surface area contributed by atoms with Crippen LogP contribution >= 0.6 is 0 Å². The molecule has 6 heteroatoms. The van der Waals surface area contributed by atoms with Crippen LogP contribution in [0, 0.1) is 0 Å². The minimum absolute atomic E-state index is 0.0993. The molecule has 81 heavy (non-hydrogen) atoms. The Bertz CT molecular complexity index is 1810. The molecule has 0 radical (unpaired) electrons. The van der Waals surface area contributed by atoms with Gasteiger partial charge in [-0.2, -0.15) is 0 Å². The largest absolute Gasteiger partial charge is 0.462 e. The summed E-state index contributed by atoms with van der Waals surface area (Å²) >= 11 is 0. The fourth-order valence-corrected chi connectivity index (χ4v) is 8.59. The molecule has 6 nitrogen and oxygen atoms in total. The van der Waals surface area contributed by atoms with Gasteiger partial charge in [0.25, 0.3) is 0 Å². The zero-order chi connectivity index (χ0) is 58.5. The van der Waals surface area contributed by atoms with Crippen molar-refractivity contribution in [3.8, 4) is 0 Å². The van der Waals surface area contributed by atoms with Crippen molar-refractivity contribution in [3.05, 3.63) is 158 Å². The van der Waals surface area contributed by atoms with E-state index in [2.05, 4.69) is 179 Å². The summed E-state index contributed by atoms with van der Waals surface area (Å²) < 4.78 is 16.7. The van der Waals surface area contributed by atoms with Crippen LogP contribution in [0.25, 0.3) is 0 Å². The highest BCUT2D eigenvalue weighted by Gasteiger charge is 2.19. The third-order valence-electron chi connectivity index (χ3n) is 13.5. The molecule has 0 saturated heterocycles. The van der Waals surface area contributed by atoms with Gasteiger partial charge in [-0.05, 0) is 135 Å². The second-order valence-corrected chi connectivity index (χ2v) is 21.3. The summed E-state index contributed by atoms with van der Waals surface area (Å²) in [6, 6.07) is 0. The maximum atomic E-state index is 12.8. The van der Waals surface area contributed by atoms with E-state index in [1.807, 2.05) is 0 Å².